The van der Waals surface area contributed by atoms with Crippen LogP contribution in [0.5, 0.6) is 5.75 Å². The molecule has 4 heteroatoms. The van der Waals surface area contributed by atoms with Crippen LogP contribution in [-0.2, 0) is 13.5 Å². The Bertz CT molecular complexity index is 574. The van der Waals surface area contributed by atoms with Crippen molar-refractivity contribution < 1.29 is 10.2 Å². The van der Waals surface area contributed by atoms with Gasteiger partial charge in [-0.05, 0) is 30.7 Å². The summed E-state index contributed by atoms with van der Waals surface area (Å²) >= 11 is 0. The smallest absolute Gasteiger partial charge is 0.125 e. The van der Waals surface area contributed by atoms with Crippen molar-refractivity contribution in [3.8, 4) is 5.75 Å². The molecule has 3 rings (SSSR count). The number of aromatic nitrogens is 1. The number of nitrogens with zero attached hydrogens (tertiary/aromatic N) is 1. The van der Waals surface area contributed by atoms with E-state index in [9.17, 15) is 10.2 Å². The molecule has 17 heavy (non-hydrogen) atoms. The zero-order chi connectivity index (χ0) is 12.0. The molecular formula is C13H16N2O2. The number of phenols is 1. The van der Waals surface area contributed by atoms with Crippen molar-refractivity contribution in [2.45, 2.75) is 12.5 Å². The van der Waals surface area contributed by atoms with E-state index in [1.807, 2.05) is 19.2 Å². The van der Waals surface area contributed by atoms with Crippen LogP contribution in [0.15, 0.2) is 18.2 Å². The van der Waals surface area contributed by atoms with Crippen molar-refractivity contribution in [3.05, 3.63) is 29.5 Å². The maximum absolute atomic E-state index is 10.0. The molecule has 4 nitrogen and oxygen atoms in total. The molecule has 3 N–H and O–H groups in total. The first-order valence-electron chi connectivity index (χ1n) is 5.87. The summed E-state index contributed by atoms with van der Waals surface area (Å²) < 4.78 is 2.07. The van der Waals surface area contributed by atoms with E-state index in [2.05, 4.69) is 9.88 Å². The number of hydrogen-bond acceptors (Lipinski definition) is 3. The zero-order valence-corrected chi connectivity index (χ0v) is 9.77. The predicted molar refractivity (Wildman–Crippen MR) is 66.1 cm³/mol. The average molecular weight is 232 g/mol. The van der Waals surface area contributed by atoms with Crippen LogP contribution in [0.1, 0.15) is 17.3 Å². The molecule has 1 aromatic carbocycles. The maximum atomic E-state index is 10.0. The Morgan fingerprint density at radius 1 is 1.47 bits per heavy atom. The van der Waals surface area contributed by atoms with E-state index in [-0.39, 0.29) is 12.6 Å². The largest absolute Gasteiger partial charge is 0.507 e. The second-order valence-corrected chi connectivity index (χ2v) is 4.53. The quantitative estimate of drug-likeness (QED) is 0.689. The number of aliphatic hydroxyl groups excluding tert-OH is 1. The van der Waals surface area contributed by atoms with Crippen molar-refractivity contribution in [3.63, 3.8) is 0 Å². The molecule has 0 aliphatic carbocycles. The monoisotopic (exact) mass is 232 g/mol. The molecule has 0 saturated heterocycles. The normalized spacial score (nSPS) is 19.5. The van der Waals surface area contributed by atoms with Crippen molar-refractivity contribution in [1.29, 1.82) is 0 Å². The highest BCUT2D eigenvalue weighted by atomic mass is 16.3. The van der Waals surface area contributed by atoms with E-state index >= 15 is 0 Å². The van der Waals surface area contributed by atoms with Gasteiger partial charge >= 0.3 is 0 Å². The summed E-state index contributed by atoms with van der Waals surface area (Å²) in [5.41, 5.74) is 3.28. The summed E-state index contributed by atoms with van der Waals surface area (Å²) in [6.45, 7) is 0.920. The number of nitrogens with one attached hydrogen (secondary N) is 1. The summed E-state index contributed by atoms with van der Waals surface area (Å²) in [6, 6.07) is 5.54. The molecule has 1 aromatic heterocycles. The van der Waals surface area contributed by atoms with Crippen molar-refractivity contribution >= 4 is 10.9 Å². The third-order valence-electron chi connectivity index (χ3n) is 3.63. The number of benzene rings is 1. The van der Waals surface area contributed by atoms with Crippen LogP contribution in [0.3, 0.4) is 0 Å². The van der Waals surface area contributed by atoms with Gasteiger partial charge in [0.25, 0.3) is 0 Å². The van der Waals surface area contributed by atoms with E-state index in [1.165, 1.54) is 5.56 Å². The minimum Gasteiger partial charge on any atom is -0.507 e. The van der Waals surface area contributed by atoms with E-state index in [0.717, 1.165) is 29.6 Å². The predicted octanol–water partition coefficient (Wildman–Crippen LogP) is 1.06. The highest BCUT2D eigenvalue weighted by Gasteiger charge is 2.26. The number of aryl methyl sites for hydroxylation is 1. The van der Waals surface area contributed by atoms with Gasteiger partial charge in [0.05, 0.1) is 18.2 Å². The number of fused-ring (bicyclic) bond motifs is 3. The molecule has 0 fully saturated rings. The number of phenolic OH excluding ortho intramolecular Hbond substituents is 1. The van der Waals surface area contributed by atoms with Gasteiger partial charge in [0.1, 0.15) is 5.75 Å². The molecule has 1 aliphatic rings. The number of aromatic hydroxyl groups is 1. The van der Waals surface area contributed by atoms with Crippen molar-refractivity contribution in [1.82, 2.24) is 9.88 Å². The Morgan fingerprint density at radius 2 is 2.29 bits per heavy atom. The lowest BCUT2D eigenvalue weighted by atomic mass is 9.99. The average Bonchev–Trinajstić information content (AvgIpc) is 2.65. The lowest BCUT2D eigenvalue weighted by Crippen LogP contribution is -2.33. The summed E-state index contributed by atoms with van der Waals surface area (Å²) in [5.74, 6) is 0.331. The fraction of sp³-hybridized carbons (Fsp3) is 0.385. The molecule has 0 saturated carbocycles. The molecule has 1 unspecified atom stereocenters. The zero-order valence-electron chi connectivity index (χ0n) is 9.77. The van der Waals surface area contributed by atoms with Gasteiger partial charge in [-0.15, -0.1) is 0 Å². The minimum absolute atomic E-state index is 0.0319. The standard InChI is InChI=1S/C13H16N2O2/c1-15-10-3-2-4-11(17)12(10)8-5-6-14-9(7-16)13(8)15/h2-4,9,14,16-17H,5-7H2,1H3. The molecule has 2 heterocycles. The summed E-state index contributed by atoms with van der Waals surface area (Å²) in [6.07, 6.45) is 0.890. The van der Waals surface area contributed by atoms with Gasteiger partial charge in [-0.25, -0.2) is 0 Å². The third-order valence-corrected chi connectivity index (χ3v) is 3.63. The van der Waals surface area contributed by atoms with Gasteiger partial charge in [-0.1, -0.05) is 6.07 Å². The number of hydrogen-bond donors (Lipinski definition) is 3. The summed E-state index contributed by atoms with van der Waals surface area (Å²) in [7, 11) is 1.98. The van der Waals surface area contributed by atoms with Gasteiger partial charge in [0.2, 0.25) is 0 Å². The highest BCUT2D eigenvalue weighted by Crippen LogP contribution is 2.36. The van der Waals surface area contributed by atoms with Gasteiger partial charge < -0.3 is 20.1 Å². The lowest BCUT2D eigenvalue weighted by molar-refractivity contribution is 0.235. The first kappa shape index (κ1) is 10.6. The Morgan fingerprint density at radius 3 is 3.06 bits per heavy atom. The second kappa shape index (κ2) is 3.75. The van der Waals surface area contributed by atoms with Crippen LogP contribution in [0.4, 0.5) is 0 Å². The van der Waals surface area contributed by atoms with Gasteiger partial charge in [0, 0.05) is 18.1 Å². The van der Waals surface area contributed by atoms with Crippen LogP contribution in [0, 0.1) is 0 Å². The molecule has 0 spiro atoms. The van der Waals surface area contributed by atoms with Crippen molar-refractivity contribution in [2.75, 3.05) is 13.2 Å². The molecule has 2 aromatic rings. The molecule has 0 amide bonds. The topological polar surface area (TPSA) is 57.4 Å². The minimum atomic E-state index is -0.0319. The summed E-state index contributed by atoms with van der Waals surface area (Å²) in [5, 5.41) is 23.7. The van der Waals surface area contributed by atoms with E-state index in [0.29, 0.717) is 5.75 Å². The van der Waals surface area contributed by atoms with Gasteiger partial charge in [-0.3, -0.25) is 0 Å². The Balaban J connectivity index is 2.37. The number of rotatable bonds is 1. The second-order valence-electron chi connectivity index (χ2n) is 4.53. The van der Waals surface area contributed by atoms with Crippen molar-refractivity contribution in [2.24, 2.45) is 7.05 Å². The van der Waals surface area contributed by atoms with Crippen LogP contribution in [0.25, 0.3) is 10.9 Å². The van der Waals surface area contributed by atoms with E-state index in [4.69, 9.17) is 0 Å². The SMILES string of the molecule is Cn1c2c(c3c(O)cccc31)CCNC2CO. The van der Waals surface area contributed by atoms with E-state index < -0.39 is 0 Å². The Kier molecular flexibility index (Phi) is 2.34. The van der Waals surface area contributed by atoms with E-state index in [1.54, 1.807) is 6.07 Å². The van der Waals surface area contributed by atoms with Crippen LogP contribution in [-0.4, -0.2) is 27.9 Å². The maximum Gasteiger partial charge on any atom is 0.125 e. The Hall–Kier alpha value is -1.52. The van der Waals surface area contributed by atoms with Gasteiger partial charge in [0.15, 0.2) is 0 Å². The fourth-order valence-electron chi connectivity index (χ4n) is 2.89. The summed E-state index contributed by atoms with van der Waals surface area (Å²) in [4.78, 5) is 0. The highest BCUT2D eigenvalue weighted by molar-refractivity contribution is 5.91. The molecule has 1 aliphatic heterocycles. The molecule has 90 valence electrons. The first-order valence-corrected chi connectivity index (χ1v) is 5.87. The van der Waals surface area contributed by atoms with Gasteiger partial charge in [-0.2, -0.15) is 0 Å². The lowest BCUT2D eigenvalue weighted by Gasteiger charge is -2.24. The molecule has 0 radical (unpaired) electrons. The fourth-order valence-corrected chi connectivity index (χ4v) is 2.89. The molecular weight excluding hydrogens is 216 g/mol. The van der Waals surface area contributed by atoms with Crippen LogP contribution >= 0.6 is 0 Å². The molecule has 1 atom stereocenters. The number of aliphatic hydroxyl groups is 1. The third kappa shape index (κ3) is 1.38. The Labute approximate surface area is 99.5 Å². The van der Waals surface area contributed by atoms with Crippen LogP contribution < -0.4 is 5.32 Å². The first-order chi connectivity index (χ1) is 8.24. The molecule has 0 bridgehead atoms. The van der Waals surface area contributed by atoms with Crippen LogP contribution in [0.2, 0.25) is 0 Å².